The number of ether oxygens (including phenoxy) is 1. The fourth-order valence-corrected chi connectivity index (χ4v) is 2.84. The Labute approximate surface area is 165 Å². The molecule has 6 nitrogen and oxygen atoms in total. The quantitative estimate of drug-likeness (QED) is 0.619. The van der Waals surface area contributed by atoms with Crippen molar-refractivity contribution in [1.29, 1.82) is 0 Å². The Balaban J connectivity index is 1.84. The molecule has 3 rings (SSSR count). The predicted octanol–water partition coefficient (Wildman–Crippen LogP) is 4.34. The van der Waals surface area contributed by atoms with Crippen LogP contribution in [0.3, 0.4) is 0 Å². The number of rotatable bonds is 7. The third-order valence-electron chi connectivity index (χ3n) is 4.16. The van der Waals surface area contributed by atoms with Gasteiger partial charge in [0, 0.05) is 25.4 Å². The molecule has 3 aromatic rings. The molecule has 0 fully saturated rings. The molecule has 6 heteroatoms. The van der Waals surface area contributed by atoms with Crippen LogP contribution in [-0.4, -0.2) is 29.6 Å². The summed E-state index contributed by atoms with van der Waals surface area (Å²) in [5.74, 6) is 0.860. The molecule has 0 spiro atoms. The summed E-state index contributed by atoms with van der Waals surface area (Å²) in [5.41, 5.74) is 3.10. The van der Waals surface area contributed by atoms with Gasteiger partial charge in [0.05, 0.1) is 17.9 Å². The summed E-state index contributed by atoms with van der Waals surface area (Å²) in [6.45, 7) is 4.76. The van der Waals surface area contributed by atoms with Crippen LogP contribution in [0.5, 0.6) is 0 Å². The molecule has 2 aromatic carbocycles. The maximum Gasteiger partial charge on any atom is 0.340 e. The second kappa shape index (κ2) is 8.99. The normalized spacial score (nSPS) is 10.4. The minimum absolute atomic E-state index is 0.322. The van der Waals surface area contributed by atoms with Crippen molar-refractivity contribution in [1.82, 2.24) is 9.97 Å². The van der Waals surface area contributed by atoms with E-state index in [0.29, 0.717) is 23.8 Å². The fraction of sp³-hybridized carbons (Fsp3) is 0.227. The van der Waals surface area contributed by atoms with Crippen molar-refractivity contribution in [2.45, 2.75) is 20.4 Å². The number of hydrogen-bond acceptors (Lipinski definition) is 6. The summed E-state index contributed by atoms with van der Waals surface area (Å²) in [4.78, 5) is 23.3. The first-order valence-electron chi connectivity index (χ1n) is 9.20. The molecule has 0 unspecified atom stereocenters. The predicted molar refractivity (Wildman–Crippen MR) is 111 cm³/mol. The van der Waals surface area contributed by atoms with Gasteiger partial charge in [0.15, 0.2) is 0 Å². The van der Waals surface area contributed by atoms with Gasteiger partial charge < -0.3 is 15.0 Å². The van der Waals surface area contributed by atoms with Crippen LogP contribution < -0.4 is 10.2 Å². The summed E-state index contributed by atoms with van der Waals surface area (Å²) in [5, 5.41) is 3.16. The maximum atomic E-state index is 12.2. The molecular weight excluding hydrogens is 352 g/mol. The van der Waals surface area contributed by atoms with Crippen molar-refractivity contribution < 1.29 is 9.53 Å². The molecule has 0 aliphatic heterocycles. The standard InChI is InChI=1S/C22H24N4O2/c1-4-28-21(27)18-12-8-9-13-19(18)24-22-23-16(2)14-20(25-22)26(3)15-17-10-6-5-7-11-17/h5-14H,4,15H2,1-3H3,(H,23,24,25). The zero-order chi connectivity index (χ0) is 19.9. The van der Waals surface area contributed by atoms with Crippen LogP contribution in [0.25, 0.3) is 0 Å². The summed E-state index contributed by atoms with van der Waals surface area (Å²) in [6, 6.07) is 19.3. The molecule has 1 aromatic heterocycles. The molecule has 0 saturated heterocycles. The van der Waals surface area contributed by atoms with E-state index >= 15 is 0 Å². The Morgan fingerprint density at radius 1 is 1.07 bits per heavy atom. The number of carbonyl (C=O) groups excluding carboxylic acids is 1. The molecule has 0 bridgehead atoms. The Hall–Kier alpha value is -3.41. The van der Waals surface area contributed by atoms with E-state index in [1.54, 1.807) is 19.1 Å². The van der Waals surface area contributed by atoms with Gasteiger partial charge in [-0.15, -0.1) is 0 Å². The molecule has 0 amide bonds. The largest absolute Gasteiger partial charge is 0.462 e. The van der Waals surface area contributed by atoms with Crippen molar-refractivity contribution in [2.24, 2.45) is 0 Å². The van der Waals surface area contributed by atoms with Crippen LogP contribution in [0.2, 0.25) is 0 Å². The first kappa shape index (κ1) is 19.4. The Bertz CT molecular complexity index is 944. The SMILES string of the molecule is CCOC(=O)c1ccccc1Nc1nc(C)cc(N(C)Cc2ccccc2)n1. The summed E-state index contributed by atoms with van der Waals surface area (Å²) in [6.07, 6.45) is 0. The van der Waals surface area contributed by atoms with Crippen molar-refractivity contribution in [3.8, 4) is 0 Å². The van der Waals surface area contributed by atoms with E-state index < -0.39 is 0 Å². The van der Waals surface area contributed by atoms with Gasteiger partial charge in [-0.25, -0.2) is 9.78 Å². The van der Waals surface area contributed by atoms with Crippen molar-refractivity contribution >= 4 is 23.4 Å². The average molecular weight is 376 g/mol. The molecule has 0 aliphatic rings. The fourth-order valence-electron chi connectivity index (χ4n) is 2.84. The van der Waals surface area contributed by atoms with E-state index in [1.807, 2.05) is 50.4 Å². The van der Waals surface area contributed by atoms with Crippen LogP contribution in [0, 0.1) is 6.92 Å². The van der Waals surface area contributed by atoms with E-state index in [-0.39, 0.29) is 5.97 Å². The molecule has 28 heavy (non-hydrogen) atoms. The lowest BCUT2D eigenvalue weighted by Crippen LogP contribution is -2.19. The highest BCUT2D eigenvalue weighted by Crippen LogP contribution is 2.22. The molecule has 1 heterocycles. The monoisotopic (exact) mass is 376 g/mol. The molecule has 0 aliphatic carbocycles. The molecule has 0 saturated carbocycles. The van der Waals surface area contributed by atoms with E-state index in [1.165, 1.54) is 5.56 Å². The minimum atomic E-state index is -0.375. The number of para-hydroxylation sites is 1. The van der Waals surface area contributed by atoms with Gasteiger partial charge in [-0.2, -0.15) is 4.98 Å². The maximum absolute atomic E-state index is 12.2. The number of aromatic nitrogens is 2. The van der Waals surface area contributed by atoms with E-state index in [0.717, 1.165) is 18.1 Å². The van der Waals surface area contributed by atoms with Gasteiger partial charge in [-0.1, -0.05) is 42.5 Å². The third kappa shape index (κ3) is 4.85. The van der Waals surface area contributed by atoms with Gasteiger partial charge in [-0.3, -0.25) is 0 Å². The van der Waals surface area contributed by atoms with Gasteiger partial charge in [0.1, 0.15) is 5.82 Å². The van der Waals surface area contributed by atoms with Crippen molar-refractivity contribution in [3.63, 3.8) is 0 Å². The molecule has 144 valence electrons. The highest BCUT2D eigenvalue weighted by atomic mass is 16.5. The van der Waals surface area contributed by atoms with Crippen molar-refractivity contribution in [3.05, 3.63) is 77.5 Å². The highest BCUT2D eigenvalue weighted by molar-refractivity contribution is 5.96. The molecule has 0 radical (unpaired) electrons. The zero-order valence-electron chi connectivity index (χ0n) is 16.3. The summed E-state index contributed by atoms with van der Waals surface area (Å²) in [7, 11) is 1.99. The Morgan fingerprint density at radius 2 is 1.79 bits per heavy atom. The van der Waals surface area contributed by atoms with Crippen LogP contribution in [-0.2, 0) is 11.3 Å². The average Bonchev–Trinajstić information content (AvgIpc) is 2.69. The number of esters is 1. The van der Waals surface area contributed by atoms with Crippen LogP contribution in [0.1, 0.15) is 28.5 Å². The van der Waals surface area contributed by atoms with Gasteiger partial charge in [0.25, 0.3) is 0 Å². The van der Waals surface area contributed by atoms with Gasteiger partial charge >= 0.3 is 5.97 Å². The number of aryl methyl sites for hydroxylation is 1. The minimum Gasteiger partial charge on any atom is -0.462 e. The van der Waals surface area contributed by atoms with E-state index in [9.17, 15) is 4.79 Å². The van der Waals surface area contributed by atoms with E-state index in [2.05, 4.69) is 32.3 Å². The highest BCUT2D eigenvalue weighted by Gasteiger charge is 2.14. The molecular formula is C22H24N4O2. The van der Waals surface area contributed by atoms with E-state index in [4.69, 9.17) is 4.74 Å². The van der Waals surface area contributed by atoms with Crippen molar-refractivity contribution in [2.75, 3.05) is 23.9 Å². The topological polar surface area (TPSA) is 67.3 Å². The van der Waals surface area contributed by atoms with Crippen LogP contribution in [0.4, 0.5) is 17.5 Å². The number of nitrogens with zero attached hydrogens (tertiary/aromatic N) is 3. The number of anilines is 3. The number of benzene rings is 2. The lowest BCUT2D eigenvalue weighted by molar-refractivity contribution is 0.0527. The lowest BCUT2D eigenvalue weighted by Gasteiger charge is -2.20. The first-order valence-corrected chi connectivity index (χ1v) is 9.20. The smallest absolute Gasteiger partial charge is 0.340 e. The second-order valence-electron chi connectivity index (χ2n) is 6.42. The molecule has 0 atom stereocenters. The third-order valence-corrected chi connectivity index (χ3v) is 4.16. The number of carbonyl (C=O) groups is 1. The summed E-state index contributed by atoms with van der Waals surface area (Å²) < 4.78 is 5.13. The molecule has 1 N–H and O–H groups in total. The summed E-state index contributed by atoms with van der Waals surface area (Å²) >= 11 is 0. The van der Waals surface area contributed by atoms with Crippen LogP contribution >= 0.6 is 0 Å². The Morgan fingerprint density at radius 3 is 2.54 bits per heavy atom. The van der Waals surface area contributed by atoms with Crippen LogP contribution in [0.15, 0.2) is 60.7 Å². The zero-order valence-corrected chi connectivity index (χ0v) is 16.3. The Kier molecular flexibility index (Phi) is 6.22. The number of hydrogen-bond donors (Lipinski definition) is 1. The first-order chi connectivity index (χ1) is 13.6. The van der Waals surface area contributed by atoms with Gasteiger partial charge in [-0.05, 0) is 31.5 Å². The number of nitrogens with one attached hydrogen (secondary N) is 1. The lowest BCUT2D eigenvalue weighted by atomic mass is 10.2. The van der Waals surface area contributed by atoms with Gasteiger partial charge in [0.2, 0.25) is 5.95 Å². The second-order valence-corrected chi connectivity index (χ2v) is 6.42.